The lowest BCUT2D eigenvalue weighted by molar-refractivity contribution is 0.00934. The summed E-state index contributed by atoms with van der Waals surface area (Å²) in [5, 5.41) is 3.18. The molecule has 20 heavy (non-hydrogen) atoms. The van der Waals surface area contributed by atoms with Gasteiger partial charge in [-0.05, 0) is 19.3 Å². The van der Waals surface area contributed by atoms with Crippen LogP contribution in [0, 0.1) is 0 Å². The smallest absolute Gasteiger partial charge is 0.167 e. The van der Waals surface area contributed by atoms with E-state index in [0.29, 0.717) is 6.54 Å². The Balaban J connectivity index is 1.94. The Morgan fingerprint density at radius 1 is 1.35 bits per heavy atom. The molecule has 1 N–H and O–H groups in total. The van der Waals surface area contributed by atoms with Gasteiger partial charge < -0.3 is 10.1 Å². The Labute approximate surface area is 117 Å². The van der Waals surface area contributed by atoms with Gasteiger partial charge in [0.05, 0.1) is 6.33 Å². The predicted octanol–water partition coefficient (Wildman–Crippen LogP) is 2.51. The molecule has 1 unspecified atom stereocenters. The maximum absolute atomic E-state index is 5.90. The van der Waals surface area contributed by atoms with Crippen LogP contribution in [0.5, 0.6) is 0 Å². The molecule has 2 aromatic rings. The highest BCUT2D eigenvalue weighted by Gasteiger charge is 2.19. The van der Waals surface area contributed by atoms with Crippen LogP contribution < -0.4 is 5.32 Å². The number of ether oxygens (including phenoxy) is 1. The lowest BCUT2D eigenvalue weighted by Crippen LogP contribution is -2.12. The number of hydrogen-bond donors (Lipinski definition) is 1. The van der Waals surface area contributed by atoms with E-state index in [9.17, 15) is 0 Å². The molecule has 1 aliphatic rings. The fraction of sp³-hybridized carbons (Fsp3) is 0.500. The van der Waals surface area contributed by atoms with Crippen molar-refractivity contribution in [2.45, 2.75) is 31.9 Å². The number of hydrogen-bond acceptors (Lipinski definition) is 5. The monoisotopic (exact) mass is 273 g/mol. The normalized spacial score (nSPS) is 19.7. The van der Waals surface area contributed by atoms with Crippen molar-refractivity contribution in [1.29, 1.82) is 0 Å². The average Bonchev–Trinajstić information content (AvgIpc) is 2.73. The molecule has 0 aliphatic carbocycles. The van der Waals surface area contributed by atoms with Gasteiger partial charge in [-0.15, -0.1) is 6.58 Å². The summed E-state index contributed by atoms with van der Waals surface area (Å²) in [5.41, 5.74) is 1.60. The summed E-state index contributed by atoms with van der Waals surface area (Å²) >= 11 is 0. The van der Waals surface area contributed by atoms with Crippen molar-refractivity contribution in [3.8, 4) is 0 Å². The molecule has 1 atom stereocenters. The Kier molecular flexibility index (Phi) is 3.92. The highest BCUT2D eigenvalue weighted by Crippen LogP contribution is 2.26. The first-order valence-electron chi connectivity index (χ1n) is 7.04. The molecule has 0 saturated carbocycles. The van der Waals surface area contributed by atoms with Gasteiger partial charge in [0.2, 0.25) is 0 Å². The van der Waals surface area contributed by atoms with Gasteiger partial charge in [0, 0.05) is 13.2 Å². The molecule has 0 radical (unpaired) electrons. The van der Waals surface area contributed by atoms with Crippen molar-refractivity contribution in [1.82, 2.24) is 19.5 Å². The van der Waals surface area contributed by atoms with Gasteiger partial charge in [-0.1, -0.05) is 12.5 Å². The summed E-state index contributed by atoms with van der Waals surface area (Å²) in [6.07, 6.45) is 9.72. The Morgan fingerprint density at radius 2 is 2.30 bits per heavy atom. The van der Waals surface area contributed by atoms with Crippen LogP contribution in [0.15, 0.2) is 25.3 Å². The maximum atomic E-state index is 5.90. The third-order valence-corrected chi connectivity index (χ3v) is 3.49. The third kappa shape index (κ3) is 2.51. The minimum Gasteiger partial charge on any atom is -0.365 e. The lowest BCUT2D eigenvalue weighted by Gasteiger charge is -2.16. The molecule has 0 aromatic carbocycles. The van der Waals surface area contributed by atoms with E-state index in [0.717, 1.165) is 36.4 Å². The van der Waals surface area contributed by atoms with Gasteiger partial charge in [0.25, 0.3) is 0 Å². The summed E-state index contributed by atoms with van der Waals surface area (Å²) < 4.78 is 7.92. The fourth-order valence-corrected chi connectivity index (χ4v) is 2.48. The van der Waals surface area contributed by atoms with Gasteiger partial charge in [-0.3, -0.25) is 4.57 Å². The second-order valence-corrected chi connectivity index (χ2v) is 4.89. The molecule has 106 valence electrons. The van der Waals surface area contributed by atoms with E-state index >= 15 is 0 Å². The van der Waals surface area contributed by atoms with E-state index in [1.165, 1.54) is 12.8 Å². The van der Waals surface area contributed by atoms with Crippen LogP contribution in [0.4, 0.5) is 5.82 Å². The van der Waals surface area contributed by atoms with Crippen molar-refractivity contribution in [3.05, 3.63) is 25.3 Å². The van der Waals surface area contributed by atoms with E-state index in [-0.39, 0.29) is 6.23 Å². The summed E-state index contributed by atoms with van der Waals surface area (Å²) in [5.74, 6) is 0.738. The number of nitrogens with zero attached hydrogens (tertiary/aromatic N) is 4. The van der Waals surface area contributed by atoms with Gasteiger partial charge in [-0.25, -0.2) is 15.0 Å². The summed E-state index contributed by atoms with van der Waals surface area (Å²) in [6, 6.07) is 0. The fourth-order valence-electron chi connectivity index (χ4n) is 2.48. The molecule has 6 nitrogen and oxygen atoms in total. The Hall–Kier alpha value is -1.95. The van der Waals surface area contributed by atoms with Crippen molar-refractivity contribution in [3.63, 3.8) is 0 Å². The molecule has 3 heterocycles. The van der Waals surface area contributed by atoms with E-state index in [4.69, 9.17) is 4.74 Å². The summed E-state index contributed by atoms with van der Waals surface area (Å²) in [7, 11) is 0. The van der Waals surface area contributed by atoms with Crippen LogP contribution in [0.3, 0.4) is 0 Å². The molecule has 1 aliphatic heterocycles. The first kappa shape index (κ1) is 13.1. The molecule has 1 saturated heterocycles. The number of anilines is 1. The second kappa shape index (κ2) is 6.00. The Bertz CT molecular complexity index is 586. The van der Waals surface area contributed by atoms with Crippen molar-refractivity contribution >= 4 is 17.0 Å². The maximum Gasteiger partial charge on any atom is 0.167 e. The molecular formula is C14H19N5O. The van der Waals surface area contributed by atoms with E-state index in [2.05, 4.69) is 26.8 Å². The second-order valence-electron chi connectivity index (χ2n) is 4.89. The van der Waals surface area contributed by atoms with E-state index < -0.39 is 0 Å². The largest absolute Gasteiger partial charge is 0.365 e. The topological polar surface area (TPSA) is 64.9 Å². The standard InChI is InChI=1S/C14H19N5O/c1-2-7-15-13-12-14(17-9-16-13)19(10-18-12)11-6-4-3-5-8-20-11/h2,9-11H,1,3-8H2,(H,15,16,17). The highest BCUT2D eigenvalue weighted by molar-refractivity contribution is 5.82. The lowest BCUT2D eigenvalue weighted by atomic mass is 10.2. The molecule has 2 aromatic heterocycles. The van der Waals surface area contributed by atoms with Crippen LogP contribution in [-0.2, 0) is 4.74 Å². The predicted molar refractivity (Wildman–Crippen MR) is 77.5 cm³/mol. The van der Waals surface area contributed by atoms with Crippen LogP contribution >= 0.6 is 0 Å². The van der Waals surface area contributed by atoms with Crippen LogP contribution in [0.1, 0.15) is 31.9 Å². The molecule has 0 amide bonds. The summed E-state index contributed by atoms with van der Waals surface area (Å²) in [6.45, 7) is 5.15. The van der Waals surface area contributed by atoms with Crippen molar-refractivity contribution in [2.75, 3.05) is 18.5 Å². The number of imidazole rings is 1. The number of aromatic nitrogens is 4. The van der Waals surface area contributed by atoms with Crippen molar-refractivity contribution < 1.29 is 4.74 Å². The number of rotatable bonds is 4. The zero-order valence-corrected chi connectivity index (χ0v) is 11.5. The van der Waals surface area contributed by atoms with Crippen LogP contribution in [-0.4, -0.2) is 32.7 Å². The van der Waals surface area contributed by atoms with Crippen LogP contribution in [0.25, 0.3) is 11.2 Å². The van der Waals surface area contributed by atoms with Crippen molar-refractivity contribution in [2.24, 2.45) is 0 Å². The number of nitrogens with one attached hydrogen (secondary N) is 1. The van der Waals surface area contributed by atoms with E-state index in [1.807, 2.05) is 4.57 Å². The average molecular weight is 273 g/mol. The van der Waals surface area contributed by atoms with E-state index in [1.54, 1.807) is 18.7 Å². The highest BCUT2D eigenvalue weighted by atomic mass is 16.5. The zero-order valence-electron chi connectivity index (χ0n) is 11.5. The summed E-state index contributed by atoms with van der Waals surface area (Å²) in [4.78, 5) is 13.0. The first-order valence-corrected chi connectivity index (χ1v) is 7.04. The van der Waals surface area contributed by atoms with Gasteiger partial charge >= 0.3 is 0 Å². The molecular weight excluding hydrogens is 254 g/mol. The van der Waals surface area contributed by atoms with Gasteiger partial charge in [0.15, 0.2) is 17.0 Å². The molecule has 0 spiro atoms. The minimum absolute atomic E-state index is 0.0321. The van der Waals surface area contributed by atoms with Gasteiger partial charge in [-0.2, -0.15) is 0 Å². The third-order valence-electron chi connectivity index (χ3n) is 3.49. The van der Waals surface area contributed by atoms with Gasteiger partial charge in [0.1, 0.15) is 12.6 Å². The molecule has 1 fully saturated rings. The quantitative estimate of drug-likeness (QED) is 0.867. The number of fused-ring (bicyclic) bond motifs is 1. The Morgan fingerprint density at radius 3 is 3.20 bits per heavy atom. The molecule has 3 rings (SSSR count). The molecule has 6 heteroatoms. The zero-order chi connectivity index (χ0) is 13.8. The first-order chi connectivity index (χ1) is 9.90. The minimum atomic E-state index is 0.0321. The van der Waals surface area contributed by atoms with Crippen LogP contribution in [0.2, 0.25) is 0 Å². The molecule has 0 bridgehead atoms. The SMILES string of the molecule is C=CCNc1ncnc2c1ncn2C1CCCCCO1.